The van der Waals surface area contributed by atoms with Gasteiger partial charge >= 0.3 is 0 Å². The third-order valence-electron chi connectivity index (χ3n) is 3.42. The van der Waals surface area contributed by atoms with Crippen LogP contribution < -0.4 is 5.73 Å². The molecule has 2 nitrogen and oxygen atoms in total. The zero-order valence-electron chi connectivity index (χ0n) is 12.1. The topological polar surface area (TPSA) is 29.3 Å². The largest absolute Gasteiger partial charge is 0.330 e. The molecule has 2 heteroatoms. The summed E-state index contributed by atoms with van der Waals surface area (Å²) < 4.78 is 0. The molecule has 0 unspecified atom stereocenters. The standard InChI is InChI=1S/C14H32N2/c1-6-9-16(10-13(7-2)8-3)12-14(4,5)11-15/h13H,6-12,15H2,1-5H3. The second-order valence-electron chi connectivity index (χ2n) is 5.79. The zero-order chi connectivity index (χ0) is 12.6. The SMILES string of the molecule is CCCN(CC(CC)CC)CC(C)(C)CN. The van der Waals surface area contributed by atoms with Gasteiger partial charge < -0.3 is 10.6 Å². The van der Waals surface area contributed by atoms with Crippen molar-refractivity contribution in [1.29, 1.82) is 0 Å². The van der Waals surface area contributed by atoms with Crippen molar-refractivity contribution in [2.24, 2.45) is 17.1 Å². The lowest BCUT2D eigenvalue weighted by molar-refractivity contribution is 0.156. The molecule has 0 saturated heterocycles. The van der Waals surface area contributed by atoms with Crippen LogP contribution >= 0.6 is 0 Å². The van der Waals surface area contributed by atoms with Crippen LogP contribution in [0.15, 0.2) is 0 Å². The lowest BCUT2D eigenvalue weighted by Crippen LogP contribution is -2.41. The van der Waals surface area contributed by atoms with E-state index in [1.165, 1.54) is 32.4 Å². The van der Waals surface area contributed by atoms with Gasteiger partial charge in [-0.25, -0.2) is 0 Å². The van der Waals surface area contributed by atoms with Crippen molar-refractivity contribution in [3.63, 3.8) is 0 Å². The van der Waals surface area contributed by atoms with Gasteiger partial charge in [-0.1, -0.05) is 47.5 Å². The number of rotatable bonds is 9. The van der Waals surface area contributed by atoms with Crippen LogP contribution in [0.2, 0.25) is 0 Å². The summed E-state index contributed by atoms with van der Waals surface area (Å²) in [4.78, 5) is 2.60. The maximum absolute atomic E-state index is 5.82. The Kier molecular flexibility index (Phi) is 8.04. The molecule has 2 N–H and O–H groups in total. The van der Waals surface area contributed by atoms with E-state index in [0.717, 1.165) is 19.0 Å². The van der Waals surface area contributed by atoms with Crippen LogP contribution in [0, 0.1) is 11.3 Å². The molecule has 0 atom stereocenters. The summed E-state index contributed by atoms with van der Waals surface area (Å²) in [6, 6.07) is 0. The van der Waals surface area contributed by atoms with Gasteiger partial charge in [0.25, 0.3) is 0 Å². The summed E-state index contributed by atoms with van der Waals surface area (Å²) >= 11 is 0. The van der Waals surface area contributed by atoms with Crippen molar-refractivity contribution in [3.05, 3.63) is 0 Å². The molecule has 0 rings (SSSR count). The Morgan fingerprint density at radius 3 is 2.06 bits per heavy atom. The van der Waals surface area contributed by atoms with E-state index < -0.39 is 0 Å². The first-order chi connectivity index (χ1) is 7.49. The number of nitrogens with two attached hydrogens (primary N) is 1. The predicted molar refractivity (Wildman–Crippen MR) is 73.6 cm³/mol. The Labute approximate surface area is 103 Å². The summed E-state index contributed by atoms with van der Waals surface area (Å²) in [6.07, 6.45) is 3.82. The van der Waals surface area contributed by atoms with Crippen LogP contribution in [0.4, 0.5) is 0 Å². The van der Waals surface area contributed by atoms with Crippen molar-refractivity contribution in [2.45, 2.75) is 53.9 Å². The Hall–Kier alpha value is -0.0800. The van der Waals surface area contributed by atoms with Crippen molar-refractivity contribution >= 4 is 0 Å². The van der Waals surface area contributed by atoms with Crippen molar-refractivity contribution in [1.82, 2.24) is 4.90 Å². The average Bonchev–Trinajstić information content (AvgIpc) is 2.25. The second-order valence-corrected chi connectivity index (χ2v) is 5.79. The fraction of sp³-hybridized carbons (Fsp3) is 1.00. The quantitative estimate of drug-likeness (QED) is 0.657. The first-order valence-corrected chi connectivity index (χ1v) is 6.91. The highest BCUT2D eigenvalue weighted by Crippen LogP contribution is 2.18. The molecule has 0 aliphatic rings. The maximum atomic E-state index is 5.82. The van der Waals surface area contributed by atoms with Crippen LogP contribution in [-0.2, 0) is 0 Å². The van der Waals surface area contributed by atoms with Gasteiger partial charge in [0.05, 0.1) is 0 Å². The highest BCUT2D eigenvalue weighted by atomic mass is 15.1. The normalized spacial score (nSPS) is 12.8. The molecule has 0 aromatic carbocycles. The lowest BCUT2D eigenvalue weighted by Gasteiger charge is -2.33. The first-order valence-electron chi connectivity index (χ1n) is 6.91. The molecule has 0 aliphatic heterocycles. The molecule has 0 radical (unpaired) electrons. The molecule has 0 fully saturated rings. The third-order valence-corrected chi connectivity index (χ3v) is 3.42. The molecule has 16 heavy (non-hydrogen) atoms. The van der Waals surface area contributed by atoms with E-state index in [-0.39, 0.29) is 5.41 Å². The van der Waals surface area contributed by atoms with Crippen LogP contribution in [0.3, 0.4) is 0 Å². The Morgan fingerprint density at radius 2 is 1.69 bits per heavy atom. The zero-order valence-corrected chi connectivity index (χ0v) is 12.1. The van der Waals surface area contributed by atoms with E-state index in [4.69, 9.17) is 5.73 Å². The van der Waals surface area contributed by atoms with E-state index in [0.29, 0.717) is 0 Å². The van der Waals surface area contributed by atoms with Crippen molar-refractivity contribution in [3.8, 4) is 0 Å². The molecule has 0 spiro atoms. The monoisotopic (exact) mass is 228 g/mol. The van der Waals surface area contributed by atoms with Crippen LogP contribution in [0.1, 0.15) is 53.9 Å². The summed E-state index contributed by atoms with van der Waals surface area (Å²) in [5.74, 6) is 0.847. The molecule has 98 valence electrons. The highest BCUT2D eigenvalue weighted by molar-refractivity contribution is 4.76. The lowest BCUT2D eigenvalue weighted by atomic mass is 9.92. The van der Waals surface area contributed by atoms with Gasteiger partial charge in [-0.2, -0.15) is 0 Å². The maximum Gasteiger partial charge on any atom is 0.00449 e. The minimum Gasteiger partial charge on any atom is -0.330 e. The van der Waals surface area contributed by atoms with Gasteiger partial charge in [-0.15, -0.1) is 0 Å². The molecular formula is C14H32N2. The van der Waals surface area contributed by atoms with Crippen LogP contribution in [0.25, 0.3) is 0 Å². The fourth-order valence-electron chi connectivity index (χ4n) is 2.13. The van der Waals surface area contributed by atoms with Crippen molar-refractivity contribution < 1.29 is 0 Å². The van der Waals surface area contributed by atoms with Crippen molar-refractivity contribution in [2.75, 3.05) is 26.2 Å². The average molecular weight is 228 g/mol. The van der Waals surface area contributed by atoms with E-state index in [1.54, 1.807) is 0 Å². The van der Waals surface area contributed by atoms with E-state index in [2.05, 4.69) is 39.5 Å². The number of nitrogens with zero attached hydrogens (tertiary/aromatic N) is 1. The highest BCUT2D eigenvalue weighted by Gasteiger charge is 2.21. The molecule has 0 aromatic rings. The Bertz CT molecular complexity index is 162. The van der Waals surface area contributed by atoms with Crippen LogP contribution in [-0.4, -0.2) is 31.1 Å². The molecule has 0 aliphatic carbocycles. The minimum atomic E-state index is 0.251. The molecular weight excluding hydrogens is 196 g/mol. The van der Waals surface area contributed by atoms with E-state index in [1.807, 2.05) is 0 Å². The summed E-state index contributed by atoms with van der Waals surface area (Å²) in [6.45, 7) is 15.7. The number of hydrogen-bond acceptors (Lipinski definition) is 2. The molecule has 0 heterocycles. The second kappa shape index (κ2) is 8.08. The van der Waals surface area contributed by atoms with Gasteiger partial charge in [0.2, 0.25) is 0 Å². The fourth-order valence-corrected chi connectivity index (χ4v) is 2.13. The van der Waals surface area contributed by atoms with E-state index in [9.17, 15) is 0 Å². The summed E-state index contributed by atoms with van der Waals surface area (Å²) in [5, 5.41) is 0. The first kappa shape index (κ1) is 15.9. The predicted octanol–water partition coefficient (Wildman–Crippen LogP) is 3.12. The molecule has 0 saturated carbocycles. The Morgan fingerprint density at radius 1 is 1.12 bits per heavy atom. The van der Waals surface area contributed by atoms with Gasteiger partial charge in [0.15, 0.2) is 0 Å². The number of hydrogen-bond donors (Lipinski definition) is 1. The Balaban J connectivity index is 4.25. The molecule has 0 bridgehead atoms. The summed E-state index contributed by atoms with van der Waals surface area (Å²) in [7, 11) is 0. The van der Waals surface area contributed by atoms with E-state index >= 15 is 0 Å². The third kappa shape index (κ3) is 6.49. The van der Waals surface area contributed by atoms with Gasteiger partial charge in [0.1, 0.15) is 0 Å². The smallest absolute Gasteiger partial charge is 0.00449 e. The minimum absolute atomic E-state index is 0.251. The molecule has 0 aromatic heterocycles. The van der Waals surface area contributed by atoms with Gasteiger partial charge in [-0.05, 0) is 30.8 Å². The van der Waals surface area contributed by atoms with Gasteiger partial charge in [-0.3, -0.25) is 0 Å². The molecule has 0 amide bonds. The van der Waals surface area contributed by atoms with Crippen LogP contribution in [0.5, 0.6) is 0 Å². The summed E-state index contributed by atoms with van der Waals surface area (Å²) in [5.41, 5.74) is 6.07. The van der Waals surface area contributed by atoms with Gasteiger partial charge in [0, 0.05) is 13.1 Å².